The summed E-state index contributed by atoms with van der Waals surface area (Å²) in [4.78, 5) is 15.7. The molecule has 0 aliphatic heterocycles. The number of hydrogen-bond donors (Lipinski definition) is 2. The van der Waals surface area contributed by atoms with Gasteiger partial charge in [0.05, 0.1) is 12.3 Å². The Kier molecular flexibility index (Phi) is 7.64. The van der Waals surface area contributed by atoms with Gasteiger partial charge in [-0.2, -0.15) is 0 Å². The first-order valence-electron chi connectivity index (χ1n) is 8.99. The van der Waals surface area contributed by atoms with E-state index in [0.29, 0.717) is 5.02 Å². The summed E-state index contributed by atoms with van der Waals surface area (Å²) >= 11 is 6.10. The molecular formula is C22H26ClN3O2. The number of halogens is 1. The molecule has 0 heterocycles. The number of amides is 1. The molecule has 0 bridgehead atoms. The van der Waals surface area contributed by atoms with E-state index >= 15 is 0 Å². The van der Waals surface area contributed by atoms with E-state index < -0.39 is 6.10 Å². The summed E-state index contributed by atoms with van der Waals surface area (Å²) in [5, 5.41) is 3.35. The number of rotatable bonds is 7. The largest absolute Gasteiger partial charge is 0.469 e. The van der Waals surface area contributed by atoms with Crippen molar-refractivity contribution in [2.45, 2.75) is 26.9 Å². The lowest BCUT2D eigenvalue weighted by Crippen LogP contribution is -2.28. The van der Waals surface area contributed by atoms with Crippen LogP contribution < -0.4 is 11.1 Å². The Labute approximate surface area is 171 Å². The zero-order valence-electron chi connectivity index (χ0n) is 16.6. The van der Waals surface area contributed by atoms with Gasteiger partial charge < -0.3 is 15.8 Å². The van der Waals surface area contributed by atoms with Gasteiger partial charge in [-0.15, -0.1) is 0 Å². The van der Waals surface area contributed by atoms with E-state index in [4.69, 9.17) is 22.1 Å². The molecule has 0 aromatic heterocycles. The van der Waals surface area contributed by atoms with Crippen molar-refractivity contribution >= 4 is 23.2 Å². The Morgan fingerprint density at radius 2 is 1.89 bits per heavy atom. The Morgan fingerprint density at radius 3 is 2.46 bits per heavy atom. The molecule has 0 aliphatic rings. The van der Waals surface area contributed by atoms with Crippen LogP contribution in [0.1, 0.15) is 35.3 Å². The fourth-order valence-corrected chi connectivity index (χ4v) is 3.17. The van der Waals surface area contributed by atoms with Gasteiger partial charge in [0.1, 0.15) is 6.10 Å². The van der Waals surface area contributed by atoms with E-state index in [0.717, 1.165) is 28.0 Å². The maximum atomic E-state index is 11.4. The molecule has 6 heteroatoms. The summed E-state index contributed by atoms with van der Waals surface area (Å²) in [7, 11) is 1.72. The summed E-state index contributed by atoms with van der Waals surface area (Å²) in [6.07, 6.45) is 1.23. The van der Waals surface area contributed by atoms with E-state index in [1.807, 2.05) is 44.2 Å². The van der Waals surface area contributed by atoms with Crippen molar-refractivity contribution in [1.29, 1.82) is 0 Å². The molecule has 0 spiro atoms. The van der Waals surface area contributed by atoms with Gasteiger partial charge in [0.15, 0.2) is 5.88 Å². The monoisotopic (exact) mass is 399 g/mol. The van der Waals surface area contributed by atoms with Crippen LogP contribution in [0.2, 0.25) is 5.02 Å². The highest BCUT2D eigenvalue weighted by molar-refractivity contribution is 6.30. The number of aryl methyl sites for hydroxylation is 2. The van der Waals surface area contributed by atoms with E-state index in [2.05, 4.69) is 10.3 Å². The molecule has 0 fully saturated rings. The predicted molar refractivity (Wildman–Crippen MR) is 115 cm³/mol. The standard InChI is InChI=1S/C22H26ClN3O2/c1-14-7-5-8-15(2)22(14)19(25-4)12-21(24)28-20(13-26-16(3)27)17-9-6-10-18(23)11-17/h5-12,20H,13,24H2,1-4H3,(H,26,27)/b21-12+,25-19?. The van der Waals surface area contributed by atoms with Gasteiger partial charge >= 0.3 is 0 Å². The van der Waals surface area contributed by atoms with E-state index in [-0.39, 0.29) is 18.3 Å². The lowest BCUT2D eigenvalue weighted by atomic mass is 9.98. The lowest BCUT2D eigenvalue weighted by Gasteiger charge is -2.20. The molecule has 148 valence electrons. The molecule has 2 aromatic carbocycles. The third-order valence-corrected chi connectivity index (χ3v) is 4.53. The molecule has 2 aromatic rings. The lowest BCUT2D eigenvalue weighted by molar-refractivity contribution is -0.119. The van der Waals surface area contributed by atoms with Gasteiger partial charge in [0.2, 0.25) is 5.91 Å². The highest BCUT2D eigenvalue weighted by atomic mass is 35.5. The second kappa shape index (κ2) is 9.95. The number of benzene rings is 2. The molecular weight excluding hydrogens is 374 g/mol. The zero-order chi connectivity index (χ0) is 20.7. The Morgan fingerprint density at radius 1 is 1.25 bits per heavy atom. The second-order valence-corrected chi connectivity index (χ2v) is 6.96. The summed E-state index contributed by atoms with van der Waals surface area (Å²) in [6.45, 7) is 5.79. The van der Waals surface area contributed by atoms with Crippen molar-refractivity contribution in [2.24, 2.45) is 10.7 Å². The van der Waals surface area contributed by atoms with Crippen molar-refractivity contribution in [3.05, 3.63) is 81.7 Å². The first-order chi connectivity index (χ1) is 13.3. The van der Waals surface area contributed by atoms with Gasteiger partial charge in [-0.1, -0.05) is 41.9 Å². The van der Waals surface area contributed by atoms with Crippen LogP contribution in [-0.4, -0.2) is 25.2 Å². The summed E-state index contributed by atoms with van der Waals surface area (Å²) in [5.41, 5.74) is 11.0. The number of ether oxygens (including phenoxy) is 1. The molecule has 0 radical (unpaired) electrons. The second-order valence-electron chi connectivity index (χ2n) is 6.52. The van der Waals surface area contributed by atoms with E-state index in [1.165, 1.54) is 6.92 Å². The van der Waals surface area contributed by atoms with Crippen LogP contribution in [0.25, 0.3) is 0 Å². The van der Waals surface area contributed by atoms with Crippen LogP contribution in [0.15, 0.2) is 59.4 Å². The number of nitrogens with zero attached hydrogens (tertiary/aromatic N) is 1. The molecule has 1 atom stereocenters. The number of nitrogens with two attached hydrogens (primary N) is 1. The average Bonchev–Trinajstić information content (AvgIpc) is 2.63. The molecule has 28 heavy (non-hydrogen) atoms. The maximum Gasteiger partial charge on any atom is 0.217 e. The van der Waals surface area contributed by atoms with Crippen molar-refractivity contribution in [2.75, 3.05) is 13.6 Å². The fourth-order valence-electron chi connectivity index (χ4n) is 2.97. The topological polar surface area (TPSA) is 76.7 Å². The van der Waals surface area contributed by atoms with Crippen LogP contribution >= 0.6 is 11.6 Å². The number of nitrogens with one attached hydrogen (secondary N) is 1. The highest BCUT2D eigenvalue weighted by Gasteiger charge is 2.16. The number of aliphatic imine (C=N–C) groups is 1. The molecule has 0 saturated heterocycles. The molecule has 2 rings (SSSR count). The van der Waals surface area contributed by atoms with Crippen LogP contribution in [0, 0.1) is 13.8 Å². The fraction of sp³-hybridized carbons (Fsp3) is 0.273. The van der Waals surface area contributed by atoms with E-state index in [9.17, 15) is 4.79 Å². The third-order valence-electron chi connectivity index (χ3n) is 4.29. The van der Waals surface area contributed by atoms with Crippen molar-refractivity contribution in [3.63, 3.8) is 0 Å². The molecule has 1 unspecified atom stereocenters. The molecule has 0 saturated carbocycles. The SMILES string of the molecule is CN=C(/C=C(\N)OC(CNC(C)=O)c1cccc(Cl)c1)c1c(C)cccc1C. The first-order valence-corrected chi connectivity index (χ1v) is 9.36. The Hall–Kier alpha value is -2.79. The Balaban J connectivity index is 2.30. The van der Waals surface area contributed by atoms with Gasteiger partial charge in [-0.3, -0.25) is 9.79 Å². The van der Waals surface area contributed by atoms with Crippen LogP contribution in [-0.2, 0) is 9.53 Å². The smallest absolute Gasteiger partial charge is 0.217 e. The van der Waals surface area contributed by atoms with Gasteiger partial charge in [0.25, 0.3) is 0 Å². The zero-order valence-corrected chi connectivity index (χ0v) is 17.4. The van der Waals surface area contributed by atoms with Gasteiger partial charge in [-0.25, -0.2) is 0 Å². The summed E-state index contributed by atoms with van der Waals surface area (Å²) in [5.74, 6) is 0.0584. The highest BCUT2D eigenvalue weighted by Crippen LogP contribution is 2.23. The molecule has 5 nitrogen and oxygen atoms in total. The molecule has 0 aliphatic carbocycles. The molecule has 3 N–H and O–H groups in total. The Bertz CT molecular complexity index is 886. The van der Waals surface area contributed by atoms with Crippen molar-refractivity contribution in [1.82, 2.24) is 5.32 Å². The van der Waals surface area contributed by atoms with Crippen molar-refractivity contribution < 1.29 is 9.53 Å². The summed E-state index contributed by atoms with van der Waals surface area (Å²) in [6, 6.07) is 13.4. The number of carbonyl (C=O) groups is 1. The van der Waals surface area contributed by atoms with Gasteiger partial charge in [0, 0.05) is 30.6 Å². The minimum absolute atomic E-state index is 0.149. The number of allylic oxidation sites excluding steroid dienone is 1. The molecule has 1 amide bonds. The van der Waals surface area contributed by atoms with Gasteiger partial charge in [-0.05, 0) is 42.7 Å². The number of hydrogen-bond acceptors (Lipinski definition) is 4. The van der Waals surface area contributed by atoms with Crippen LogP contribution in [0.3, 0.4) is 0 Å². The minimum Gasteiger partial charge on any atom is -0.469 e. The maximum absolute atomic E-state index is 11.4. The average molecular weight is 400 g/mol. The summed E-state index contributed by atoms with van der Waals surface area (Å²) < 4.78 is 5.96. The quantitative estimate of drug-likeness (QED) is 0.544. The number of carbonyl (C=O) groups excluding carboxylic acids is 1. The van der Waals surface area contributed by atoms with E-state index in [1.54, 1.807) is 25.3 Å². The van der Waals surface area contributed by atoms with Crippen LogP contribution in [0.4, 0.5) is 0 Å². The van der Waals surface area contributed by atoms with Crippen LogP contribution in [0.5, 0.6) is 0 Å². The van der Waals surface area contributed by atoms with Crippen molar-refractivity contribution in [3.8, 4) is 0 Å². The predicted octanol–water partition coefficient (Wildman–Crippen LogP) is 4.07. The third kappa shape index (κ3) is 5.86. The first kappa shape index (κ1) is 21.5. The minimum atomic E-state index is -0.477. The normalized spacial score (nSPS) is 13.2.